The number of aliphatic hydroxyl groups is 3. The fraction of sp³-hybridized carbons (Fsp3) is 0.714. The quantitative estimate of drug-likeness (QED) is 0.120. The van der Waals surface area contributed by atoms with Crippen molar-refractivity contribution in [2.75, 3.05) is 6.61 Å². The molecule has 3 spiro atoms. The van der Waals surface area contributed by atoms with E-state index in [-0.39, 0.29) is 37.3 Å². The molecule has 70 heavy (non-hydrogen) atoms. The number of aryl methyl sites for hydroxylation is 2. The minimum absolute atomic E-state index is 0.173. The Hall–Kier alpha value is -3.44. The molecule has 7 heteroatoms. The van der Waals surface area contributed by atoms with Gasteiger partial charge in [0, 0.05) is 24.8 Å². The summed E-state index contributed by atoms with van der Waals surface area (Å²) in [6, 6.07) is 21.8. The maximum Gasteiger partial charge on any atom is 0.331 e. The van der Waals surface area contributed by atoms with Crippen LogP contribution in [-0.2, 0) is 31.9 Å². The SMILES string of the molecule is CC(CCCc1ccccc1)CCC(O)C12C(O)CCC(C)(C3CCC4(CC3)CC(CCc3ccccc3)C3(CCC5(CCCC5)C3)C4)C1C1CC(C)(C#CCCC(=O)O1)C2(O)CCC1=CC(=O)OC1. The summed E-state index contributed by atoms with van der Waals surface area (Å²) in [7, 11) is 0. The van der Waals surface area contributed by atoms with Crippen molar-refractivity contribution in [3.8, 4) is 11.8 Å². The highest BCUT2D eigenvalue weighted by atomic mass is 16.5. The Kier molecular flexibility index (Phi) is 14.2. The molecule has 11 atom stereocenters. The van der Waals surface area contributed by atoms with Crippen LogP contribution in [0.15, 0.2) is 72.3 Å². The van der Waals surface area contributed by atoms with Gasteiger partial charge in [-0.15, -0.1) is 5.92 Å². The highest BCUT2D eigenvalue weighted by Gasteiger charge is 2.78. The van der Waals surface area contributed by atoms with Crippen LogP contribution in [0.1, 0.15) is 192 Å². The Labute approximate surface area is 420 Å². The van der Waals surface area contributed by atoms with Crippen LogP contribution >= 0.6 is 0 Å². The molecule has 0 aromatic heterocycles. The largest absolute Gasteiger partial charge is 0.462 e. The van der Waals surface area contributed by atoms with Gasteiger partial charge in [0.2, 0.25) is 0 Å². The summed E-state index contributed by atoms with van der Waals surface area (Å²) in [6.07, 6.45) is 25.1. The first kappa shape index (κ1) is 50.1. The molecule has 6 saturated carbocycles. The highest BCUT2D eigenvalue weighted by Crippen LogP contribution is 2.75. The third kappa shape index (κ3) is 9.07. The van der Waals surface area contributed by atoms with Crippen molar-refractivity contribution in [1.82, 2.24) is 0 Å². The molecule has 2 heterocycles. The molecule has 7 nitrogen and oxygen atoms in total. The third-order valence-electron chi connectivity index (χ3n) is 21.9. The number of aliphatic hydroxyl groups excluding tert-OH is 2. The van der Waals surface area contributed by atoms with E-state index in [0.717, 1.165) is 62.9 Å². The molecule has 2 aromatic carbocycles. The van der Waals surface area contributed by atoms with Gasteiger partial charge < -0.3 is 24.8 Å². The van der Waals surface area contributed by atoms with Gasteiger partial charge in [0.15, 0.2) is 0 Å². The lowest BCUT2D eigenvalue weighted by molar-refractivity contribution is -0.339. The number of carbonyl (C=O) groups is 2. The van der Waals surface area contributed by atoms with Crippen molar-refractivity contribution in [2.24, 2.45) is 56.2 Å². The standard InChI is InChI=1S/C63H86O7/c1-45(15-14-20-46-16-6-4-7-17-46)22-25-52(64)63-53(65)29-33-58(3,56(63)51-41-57(2,30-11-10-21-54(66)70-51)62(63,68)36-26-48-39-55(67)69-42-48)49-27-34-60(35-28-49)40-50(24-23-47-18-8-5-9-19-47)61(44-60)38-37-59(43-61)31-12-13-32-59/h4-9,16-19,39,45,49-53,56,64-65,68H,10,12-15,20-29,31-38,40-44H2,1-3H3. The molecular formula is C63H86O7. The van der Waals surface area contributed by atoms with Crippen molar-refractivity contribution < 1.29 is 34.4 Å². The molecule has 2 bridgehead atoms. The predicted octanol–water partition coefficient (Wildman–Crippen LogP) is 12.6. The Balaban J connectivity index is 0.976. The first-order valence-corrected chi connectivity index (χ1v) is 28.4. The van der Waals surface area contributed by atoms with E-state index in [9.17, 15) is 24.9 Å². The number of fused-ring (bicyclic) bond motifs is 4. The first-order chi connectivity index (χ1) is 33.6. The average Bonchev–Trinajstić information content (AvgIpc) is 4.16. The van der Waals surface area contributed by atoms with Gasteiger partial charge in [0.05, 0.1) is 35.1 Å². The number of cyclic esters (lactones) is 1. The fourth-order valence-corrected chi connectivity index (χ4v) is 18.5. The van der Waals surface area contributed by atoms with Crippen LogP contribution in [0.25, 0.3) is 0 Å². The van der Waals surface area contributed by atoms with E-state index < -0.39 is 46.1 Å². The zero-order valence-electron chi connectivity index (χ0n) is 43.2. The number of carbonyl (C=O) groups excluding carboxylic acids is 2. The van der Waals surface area contributed by atoms with Crippen LogP contribution in [0, 0.1) is 68.0 Å². The smallest absolute Gasteiger partial charge is 0.331 e. The first-order valence-electron chi connectivity index (χ1n) is 28.4. The Morgan fingerprint density at radius 3 is 2.19 bits per heavy atom. The second-order valence-corrected chi connectivity index (χ2v) is 25.8. The summed E-state index contributed by atoms with van der Waals surface area (Å²) in [5.41, 5.74) is 0.214. The molecule has 6 fully saturated rings. The summed E-state index contributed by atoms with van der Waals surface area (Å²) in [6.45, 7) is 6.85. The average molecular weight is 955 g/mol. The van der Waals surface area contributed by atoms with Crippen LogP contribution in [0.4, 0.5) is 0 Å². The van der Waals surface area contributed by atoms with Crippen LogP contribution in [-0.4, -0.2) is 57.8 Å². The Morgan fingerprint density at radius 1 is 0.786 bits per heavy atom. The lowest BCUT2D eigenvalue weighted by atomic mass is 9.35. The molecule has 6 aliphatic carbocycles. The van der Waals surface area contributed by atoms with Gasteiger partial charge in [0.25, 0.3) is 0 Å². The van der Waals surface area contributed by atoms with E-state index in [1.165, 1.54) is 88.2 Å². The monoisotopic (exact) mass is 955 g/mol. The highest BCUT2D eigenvalue weighted by molar-refractivity contribution is 5.85. The topological polar surface area (TPSA) is 113 Å². The second kappa shape index (κ2) is 19.8. The molecule has 10 rings (SSSR count). The minimum atomic E-state index is -1.69. The molecule has 8 aliphatic rings. The van der Waals surface area contributed by atoms with E-state index in [1.54, 1.807) is 6.08 Å². The molecule has 0 amide bonds. The number of hydrogen-bond acceptors (Lipinski definition) is 7. The number of benzene rings is 2. The maximum atomic E-state index is 14.3. The second-order valence-electron chi connectivity index (χ2n) is 25.8. The van der Waals surface area contributed by atoms with Crippen LogP contribution in [0.5, 0.6) is 0 Å². The van der Waals surface area contributed by atoms with Gasteiger partial charge in [-0.05, 0) is 198 Å². The lowest BCUT2D eigenvalue weighted by Gasteiger charge is -2.72. The molecule has 380 valence electrons. The molecular weight excluding hydrogens is 869 g/mol. The lowest BCUT2D eigenvalue weighted by Crippen LogP contribution is -2.79. The van der Waals surface area contributed by atoms with Crippen LogP contribution < -0.4 is 0 Å². The molecule has 0 radical (unpaired) electrons. The Morgan fingerprint density at radius 2 is 1.49 bits per heavy atom. The summed E-state index contributed by atoms with van der Waals surface area (Å²) < 4.78 is 12.1. The Bertz CT molecular complexity index is 2260. The van der Waals surface area contributed by atoms with Gasteiger partial charge in [-0.25, -0.2) is 4.79 Å². The van der Waals surface area contributed by atoms with Crippen molar-refractivity contribution in [1.29, 1.82) is 0 Å². The minimum Gasteiger partial charge on any atom is -0.462 e. The fourth-order valence-electron chi connectivity index (χ4n) is 18.5. The van der Waals surface area contributed by atoms with Crippen molar-refractivity contribution in [3.63, 3.8) is 0 Å². The third-order valence-corrected chi connectivity index (χ3v) is 21.9. The maximum absolute atomic E-state index is 14.3. The van der Waals surface area contributed by atoms with Crippen molar-refractivity contribution >= 4 is 11.9 Å². The summed E-state index contributed by atoms with van der Waals surface area (Å²) in [5.74, 6) is 7.01. The zero-order valence-corrected chi connectivity index (χ0v) is 43.2. The number of rotatable bonds is 15. The van der Waals surface area contributed by atoms with Gasteiger partial charge >= 0.3 is 11.9 Å². The molecule has 2 aliphatic heterocycles. The van der Waals surface area contributed by atoms with E-state index >= 15 is 0 Å². The van der Waals surface area contributed by atoms with Gasteiger partial charge in [-0.3, -0.25) is 4.79 Å². The summed E-state index contributed by atoms with van der Waals surface area (Å²) in [5, 5.41) is 41.0. The zero-order chi connectivity index (χ0) is 48.8. The summed E-state index contributed by atoms with van der Waals surface area (Å²) >= 11 is 0. The molecule has 2 aromatic rings. The predicted molar refractivity (Wildman–Crippen MR) is 275 cm³/mol. The van der Waals surface area contributed by atoms with Crippen molar-refractivity contribution in [2.45, 2.75) is 218 Å². The molecule has 3 N–H and O–H groups in total. The van der Waals surface area contributed by atoms with Crippen LogP contribution in [0.3, 0.4) is 0 Å². The van der Waals surface area contributed by atoms with E-state index in [1.807, 2.05) is 6.92 Å². The number of hydrogen-bond donors (Lipinski definition) is 3. The van der Waals surface area contributed by atoms with Gasteiger partial charge in [-0.1, -0.05) is 99.7 Å². The molecule has 0 saturated heterocycles. The van der Waals surface area contributed by atoms with E-state index in [4.69, 9.17) is 9.47 Å². The van der Waals surface area contributed by atoms with E-state index in [2.05, 4.69) is 86.4 Å². The van der Waals surface area contributed by atoms with E-state index in [0.29, 0.717) is 54.3 Å². The number of esters is 2. The normalized spacial score (nSPS) is 39.6. The van der Waals surface area contributed by atoms with Crippen LogP contribution in [0.2, 0.25) is 0 Å². The van der Waals surface area contributed by atoms with Gasteiger partial charge in [0.1, 0.15) is 12.7 Å². The number of ether oxygens (including phenoxy) is 2. The van der Waals surface area contributed by atoms with Crippen molar-refractivity contribution in [3.05, 3.63) is 83.4 Å². The van der Waals surface area contributed by atoms with Gasteiger partial charge in [-0.2, -0.15) is 0 Å². The molecule has 11 unspecified atom stereocenters. The summed E-state index contributed by atoms with van der Waals surface area (Å²) in [4.78, 5) is 26.4.